The number of hydrogen-bond donors (Lipinski definition) is 2. The Morgan fingerprint density at radius 2 is 1.00 bits per heavy atom. The van der Waals surface area contributed by atoms with Crippen molar-refractivity contribution in [2.24, 2.45) is 0 Å². The largest absolute Gasteiger partial charge is 0.477 e. The van der Waals surface area contributed by atoms with Crippen LogP contribution in [0.4, 0.5) is 0 Å². The quantitative estimate of drug-likeness (QED) is 0.536. The molecule has 2 aromatic carbocycles. The summed E-state index contributed by atoms with van der Waals surface area (Å²) < 4.78 is 0. The summed E-state index contributed by atoms with van der Waals surface area (Å²) in [6, 6.07) is 18.1. The van der Waals surface area contributed by atoms with E-state index in [0.29, 0.717) is 0 Å². The molecule has 0 spiro atoms. The van der Waals surface area contributed by atoms with Crippen molar-refractivity contribution in [3.8, 4) is 0 Å². The van der Waals surface area contributed by atoms with Crippen molar-refractivity contribution in [1.82, 2.24) is 9.97 Å². The van der Waals surface area contributed by atoms with Crippen LogP contribution in [0.1, 0.15) is 32.1 Å². The Balaban J connectivity index is 0.000000161. The molecule has 0 saturated carbocycles. The van der Waals surface area contributed by atoms with Crippen LogP contribution in [0.5, 0.6) is 0 Å². The van der Waals surface area contributed by atoms with Gasteiger partial charge >= 0.3 is 11.9 Å². The molecule has 0 atom stereocenters. The highest BCUT2D eigenvalue weighted by Gasteiger charge is 2.05. The molecule has 2 heterocycles. The third-order valence-electron chi connectivity index (χ3n) is 4.13. The van der Waals surface area contributed by atoms with Crippen molar-refractivity contribution < 1.29 is 19.8 Å². The Labute approximate surface area is 161 Å². The second-order valence-corrected chi connectivity index (χ2v) is 6.40. The molecule has 140 valence electrons. The molecule has 0 radical (unpaired) electrons. The van der Waals surface area contributed by atoms with Crippen LogP contribution < -0.4 is 0 Å². The summed E-state index contributed by atoms with van der Waals surface area (Å²) in [5.41, 5.74) is 3.78. The highest BCUT2D eigenvalue weighted by atomic mass is 16.4. The number of carbonyl (C=O) groups is 2. The van der Waals surface area contributed by atoms with Crippen molar-refractivity contribution in [3.05, 3.63) is 83.2 Å². The van der Waals surface area contributed by atoms with Gasteiger partial charge in [-0.15, -0.1) is 0 Å². The highest BCUT2D eigenvalue weighted by Crippen LogP contribution is 2.15. The Morgan fingerprint density at radius 3 is 1.36 bits per heavy atom. The lowest BCUT2D eigenvalue weighted by Crippen LogP contribution is -1.99. The first-order valence-electron chi connectivity index (χ1n) is 8.55. The monoisotopic (exact) mass is 374 g/mol. The molecule has 2 aromatic heterocycles. The minimum atomic E-state index is -0.992. The van der Waals surface area contributed by atoms with Crippen molar-refractivity contribution in [2.45, 2.75) is 13.8 Å². The molecule has 6 heteroatoms. The van der Waals surface area contributed by atoms with E-state index in [1.807, 2.05) is 50.2 Å². The van der Waals surface area contributed by atoms with Gasteiger partial charge < -0.3 is 10.2 Å². The summed E-state index contributed by atoms with van der Waals surface area (Å²) in [7, 11) is 0. The maximum atomic E-state index is 10.7. The molecule has 28 heavy (non-hydrogen) atoms. The first-order chi connectivity index (χ1) is 13.3. The molecule has 0 unspecified atom stereocenters. The van der Waals surface area contributed by atoms with Crippen LogP contribution in [0.3, 0.4) is 0 Å². The van der Waals surface area contributed by atoms with Gasteiger partial charge in [-0.25, -0.2) is 19.6 Å². The minimum absolute atomic E-state index is 0.0862. The number of aryl methyl sites for hydroxylation is 2. The first-order valence-corrected chi connectivity index (χ1v) is 8.55. The third kappa shape index (κ3) is 4.29. The molecule has 6 nitrogen and oxygen atoms in total. The van der Waals surface area contributed by atoms with E-state index in [1.165, 1.54) is 12.1 Å². The molecule has 0 fully saturated rings. The van der Waals surface area contributed by atoms with E-state index in [1.54, 1.807) is 12.1 Å². The van der Waals surface area contributed by atoms with Gasteiger partial charge in [0, 0.05) is 10.8 Å². The third-order valence-corrected chi connectivity index (χ3v) is 4.13. The standard InChI is InChI=1S/2C11H9NO2/c2*1-7-2-3-8-4-5-9(11(13)14)12-10(8)6-7/h2*2-6H,1H3,(H,13,14). The number of fused-ring (bicyclic) bond motifs is 2. The molecule has 2 N–H and O–H groups in total. The molecule has 0 aliphatic rings. The normalized spacial score (nSPS) is 10.4. The van der Waals surface area contributed by atoms with E-state index in [2.05, 4.69) is 9.97 Å². The van der Waals surface area contributed by atoms with E-state index in [9.17, 15) is 9.59 Å². The molecule has 4 aromatic rings. The molecule has 0 saturated heterocycles. The van der Waals surface area contributed by atoms with Crippen LogP contribution in [0.2, 0.25) is 0 Å². The second kappa shape index (κ2) is 7.84. The molecule has 0 aliphatic heterocycles. The molecule has 0 bridgehead atoms. The van der Waals surface area contributed by atoms with Gasteiger partial charge in [-0.2, -0.15) is 0 Å². The van der Waals surface area contributed by atoms with Gasteiger partial charge in [-0.3, -0.25) is 0 Å². The van der Waals surface area contributed by atoms with E-state index >= 15 is 0 Å². The predicted molar refractivity (Wildman–Crippen MR) is 107 cm³/mol. The van der Waals surface area contributed by atoms with Crippen LogP contribution in [0.15, 0.2) is 60.7 Å². The van der Waals surface area contributed by atoms with Crippen LogP contribution in [0, 0.1) is 13.8 Å². The lowest BCUT2D eigenvalue weighted by atomic mass is 10.1. The summed E-state index contributed by atoms with van der Waals surface area (Å²) >= 11 is 0. The molecular formula is C22H18N2O4. The SMILES string of the molecule is Cc1ccc2ccc(C(=O)O)nc2c1.Cc1ccc2ccc(C(=O)O)nc2c1. The summed E-state index contributed by atoms with van der Waals surface area (Å²) in [6.45, 7) is 3.91. The topological polar surface area (TPSA) is 100 Å². The number of nitrogens with zero attached hydrogens (tertiary/aromatic N) is 2. The van der Waals surface area contributed by atoms with Crippen molar-refractivity contribution >= 4 is 33.7 Å². The fourth-order valence-corrected chi connectivity index (χ4v) is 2.69. The average Bonchev–Trinajstić information content (AvgIpc) is 2.67. The first kappa shape index (κ1) is 19.0. The number of pyridine rings is 2. The fourth-order valence-electron chi connectivity index (χ4n) is 2.69. The molecular weight excluding hydrogens is 356 g/mol. The van der Waals surface area contributed by atoms with Gasteiger partial charge in [-0.05, 0) is 49.2 Å². The zero-order valence-electron chi connectivity index (χ0n) is 15.4. The van der Waals surface area contributed by atoms with Crippen LogP contribution in [0.25, 0.3) is 21.8 Å². The van der Waals surface area contributed by atoms with Gasteiger partial charge in [-0.1, -0.05) is 36.4 Å². The van der Waals surface area contributed by atoms with E-state index in [-0.39, 0.29) is 11.4 Å². The van der Waals surface area contributed by atoms with Crippen LogP contribution in [-0.4, -0.2) is 32.1 Å². The van der Waals surface area contributed by atoms with Gasteiger partial charge in [0.1, 0.15) is 11.4 Å². The number of aromatic carboxylic acids is 2. The van der Waals surface area contributed by atoms with Crippen molar-refractivity contribution in [2.75, 3.05) is 0 Å². The van der Waals surface area contributed by atoms with E-state index < -0.39 is 11.9 Å². The average molecular weight is 374 g/mol. The van der Waals surface area contributed by atoms with Crippen molar-refractivity contribution in [3.63, 3.8) is 0 Å². The number of benzene rings is 2. The van der Waals surface area contributed by atoms with Crippen LogP contribution in [-0.2, 0) is 0 Å². The van der Waals surface area contributed by atoms with Gasteiger partial charge in [0.15, 0.2) is 0 Å². The molecule has 0 amide bonds. The predicted octanol–water partition coefficient (Wildman–Crippen LogP) is 4.48. The zero-order chi connectivity index (χ0) is 20.3. The zero-order valence-corrected chi connectivity index (χ0v) is 15.4. The van der Waals surface area contributed by atoms with Crippen LogP contribution >= 0.6 is 0 Å². The van der Waals surface area contributed by atoms with Gasteiger partial charge in [0.2, 0.25) is 0 Å². The second-order valence-electron chi connectivity index (χ2n) is 6.40. The Bertz CT molecular complexity index is 1110. The highest BCUT2D eigenvalue weighted by molar-refractivity contribution is 5.90. The van der Waals surface area contributed by atoms with E-state index in [4.69, 9.17) is 10.2 Å². The van der Waals surface area contributed by atoms with Crippen molar-refractivity contribution in [1.29, 1.82) is 0 Å². The summed E-state index contributed by atoms with van der Waals surface area (Å²) in [5.74, 6) is -1.98. The number of rotatable bonds is 2. The summed E-state index contributed by atoms with van der Waals surface area (Å²) in [4.78, 5) is 29.4. The lowest BCUT2D eigenvalue weighted by Gasteiger charge is -1.99. The van der Waals surface area contributed by atoms with E-state index in [0.717, 1.165) is 32.9 Å². The Kier molecular flexibility index (Phi) is 5.31. The summed E-state index contributed by atoms with van der Waals surface area (Å²) in [5, 5.41) is 19.4. The number of carboxylic acid groups (broad SMARTS) is 2. The Morgan fingerprint density at radius 1 is 0.643 bits per heavy atom. The smallest absolute Gasteiger partial charge is 0.354 e. The number of hydrogen-bond acceptors (Lipinski definition) is 4. The molecule has 4 rings (SSSR count). The fraction of sp³-hybridized carbons (Fsp3) is 0.0909. The molecule has 0 aliphatic carbocycles. The van der Waals surface area contributed by atoms with Gasteiger partial charge in [0.05, 0.1) is 11.0 Å². The summed E-state index contributed by atoms with van der Waals surface area (Å²) in [6.07, 6.45) is 0. The number of carboxylic acids is 2. The maximum Gasteiger partial charge on any atom is 0.354 e. The minimum Gasteiger partial charge on any atom is -0.477 e. The Hall–Kier alpha value is -3.80. The number of aromatic nitrogens is 2. The van der Waals surface area contributed by atoms with Gasteiger partial charge in [0.25, 0.3) is 0 Å². The maximum absolute atomic E-state index is 10.7. The lowest BCUT2D eigenvalue weighted by molar-refractivity contribution is 0.0680.